The Morgan fingerprint density at radius 3 is 2.61 bits per heavy atom. The molecule has 0 spiro atoms. The smallest absolute Gasteiger partial charge is 0.251 e. The average molecular weight is 388 g/mol. The maximum absolute atomic E-state index is 12.6. The minimum Gasteiger partial charge on any atom is -0.346 e. The van der Waals surface area contributed by atoms with Crippen molar-refractivity contribution >= 4 is 28.9 Å². The highest BCUT2D eigenvalue weighted by Gasteiger charge is 2.27. The molecule has 0 unspecified atom stereocenters. The molecule has 0 aliphatic heterocycles. The molecule has 2 aromatic carbocycles. The summed E-state index contributed by atoms with van der Waals surface area (Å²) >= 11 is 5.98. The number of benzene rings is 2. The van der Waals surface area contributed by atoms with Gasteiger partial charge in [-0.25, -0.2) is 4.98 Å². The number of imidazole rings is 1. The molecule has 136 valence electrons. The van der Waals surface area contributed by atoms with Gasteiger partial charge in [-0.05, 0) is 35.4 Å². The second kappa shape index (κ2) is 6.32. The molecule has 0 atom stereocenters. The monoisotopic (exact) mass is 387 g/mol. The molecule has 4 aromatic rings. The minimum absolute atomic E-state index is 0.0440. The van der Waals surface area contributed by atoms with Crippen LogP contribution in [0.25, 0.3) is 16.8 Å². The molecule has 0 fully saturated rings. The number of hydrogen-bond donors (Lipinski definition) is 1. The number of carbonyl (C=O) groups excluding carboxylic acids is 2. The Balaban J connectivity index is 1.37. The van der Waals surface area contributed by atoms with Crippen LogP contribution in [0, 0.1) is 0 Å². The second-order valence-corrected chi connectivity index (χ2v) is 7.10. The zero-order valence-electron chi connectivity index (χ0n) is 14.6. The van der Waals surface area contributed by atoms with Gasteiger partial charge in [0.15, 0.2) is 5.78 Å². The van der Waals surface area contributed by atoms with E-state index in [2.05, 4.69) is 10.3 Å². The summed E-state index contributed by atoms with van der Waals surface area (Å²) in [5.74, 6) is -0.292. The molecule has 5 rings (SSSR count). The molecule has 0 bridgehead atoms. The molecule has 6 heteroatoms. The Morgan fingerprint density at radius 1 is 0.964 bits per heavy atom. The van der Waals surface area contributed by atoms with Crippen LogP contribution in [-0.2, 0) is 6.54 Å². The van der Waals surface area contributed by atoms with Crippen molar-refractivity contribution in [2.75, 3.05) is 0 Å². The molecule has 1 amide bonds. The van der Waals surface area contributed by atoms with E-state index in [4.69, 9.17) is 11.6 Å². The van der Waals surface area contributed by atoms with Crippen molar-refractivity contribution in [1.82, 2.24) is 14.7 Å². The number of nitrogens with one attached hydrogen (secondary N) is 1. The lowest BCUT2D eigenvalue weighted by Crippen LogP contribution is -2.23. The van der Waals surface area contributed by atoms with Crippen LogP contribution in [0.3, 0.4) is 0 Å². The van der Waals surface area contributed by atoms with Crippen molar-refractivity contribution in [3.8, 4) is 11.1 Å². The third kappa shape index (κ3) is 2.68. The zero-order chi connectivity index (χ0) is 19.3. The van der Waals surface area contributed by atoms with Gasteiger partial charge >= 0.3 is 0 Å². The van der Waals surface area contributed by atoms with Crippen molar-refractivity contribution < 1.29 is 9.59 Å². The van der Waals surface area contributed by atoms with E-state index >= 15 is 0 Å². The first-order valence-electron chi connectivity index (χ1n) is 8.79. The largest absolute Gasteiger partial charge is 0.346 e. The normalized spacial score (nSPS) is 12.1. The number of pyridine rings is 1. The van der Waals surface area contributed by atoms with E-state index in [1.54, 1.807) is 24.4 Å². The quantitative estimate of drug-likeness (QED) is 0.506. The standard InChI is InChI=1S/C22H14ClN3O2/c23-14-6-8-20-25-15(12-26(20)11-14)10-24-22(28)13-5-7-17-16-3-1-2-4-18(16)21(27)19(17)9-13/h1-9,11-12H,10H2,(H,24,28). The Bertz CT molecular complexity index is 1280. The van der Waals surface area contributed by atoms with Crippen LogP contribution in [-0.4, -0.2) is 21.1 Å². The van der Waals surface area contributed by atoms with Gasteiger partial charge in [0.1, 0.15) is 5.65 Å². The predicted octanol–water partition coefficient (Wildman–Crippen LogP) is 4.13. The molecule has 2 heterocycles. The van der Waals surface area contributed by atoms with Crippen molar-refractivity contribution in [3.05, 3.63) is 94.4 Å². The van der Waals surface area contributed by atoms with E-state index in [0.717, 1.165) is 22.5 Å². The Hall–Kier alpha value is -3.44. The lowest BCUT2D eigenvalue weighted by molar-refractivity contribution is 0.0950. The molecule has 1 aliphatic rings. The van der Waals surface area contributed by atoms with Gasteiger partial charge in [-0.1, -0.05) is 41.9 Å². The fourth-order valence-corrected chi connectivity index (χ4v) is 3.71. The third-order valence-corrected chi connectivity index (χ3v) is 5.11. The zero-order valence-corrected chi connectivity index (χ0v) is 15.4. The van der Waals surface area contributed by atoms with Gasteiger partial charge < -0.3 is 9.72 Å². The number of amides is 1. The lowest BCUT2D eigenvalue weighted by atomic mass is 10.0. The maximum Gasteiger partial charge on any atom is 0.251 e. The molecule has 5 nitrogen and oxygen atoms in total. The molecular weight excluding hydrogens is 374 g/mol. The summed E-state index contributed by atoms with van der Waals surface area (Å²) in [6.45, 7) is 0.281. The summed E-state index contributed by atoms with van der Waals surface area (Å²) < 4.78 is 1.81. The Labute approximate surface area is 165 Å². The highest BCUT2D eigenvalue weighted by atomic mass is 35.5. The number of aromatic nitrogens is 2. The molecule has 28 heavy (non-hydrogen) atoms. The first-order valence-corrected chi connectivity index (χ1v) is 9.17. The molecule has 2 aromatic heterocycles. The summed E-state index contributed by atoms with van der Waals surface area (Å²) in [5, 5.41) is 3.47. The molecule has 0 saturated heterocycles. The third-order valence-electron chi connectivity index (χ3n) is 4.88. The first-order chi connectivity index (χ1) is 13.6. The fourth-order valence-electron chi connectivity index (χ4n) is 3.54. The van der Waals surface area contributed by atoms with Gasteiger partial charge in [-0.15, -0.1) is 0 Å². The average Bonchev–Trinajstić information content (AvgIpc) is 3.24. The Kier molecular flexibility index (Phi) is 3.77. The summed E-state index contributed by atoms with van der Waals surface area (Å²) in [7, 11) is 0. The van der Waals surface area contributed by atoms with Crippen molar-refractivity contribution in [2.45, 2.75) is 6.54 Å². The molecule has 1 N–H and O–H groups in total. The van der Waals surface area contributed by atoms with Gasteiger partial charge in [0, 0.05) is 29.1 Å². The number of nitrogens with zero attached hydrogens (tertiary/aromatic N) is 2. The van der Waals surface area contributed by atoms with Crippen molar-refractivity contribution in [1.29, 1.82) is 0 Å². The SMILES string of the molecule is O=C(NCc1cn2cc(Cl)ccc2n1)c1ccc2c(c1)C(=O)c1ccccc1-2. The second-order valence-electron chi connectivity index (χ2n) is 6.66. The van der Waals surface area contributed by atoms with Crippen LogP contribution >= 0.6 is 11.6 Å². The highest BCUT2D eigenvalue weighted by molar-refractivity contribution is 6.30. The highest BCUT2D eigenvalue weighted by Crippen LogP contribution is 2.36. The van der Waals surface area contributed by atoms with Crippen molar-refractivity contribution in [2.24, 2.45) is 0 Å². The number of ketones is 1. The van der Waals surface area contributed by atoms with E-state index in [9.17, 15) is 9.59 Å². The summed E-state index contributed by atoms with van der Waals surface area (Å²) in [6.07, 6.45) is 3.59. The summed E-state index contributed by atoms with van der Waals surface area (Å²) in [5.41, 5.74) is 4.96. The molecule has 0 saturated carbocycles. The predicted molar refractivity (Wildman–Crippen MR) is 107 cm³/mol. The summed E-state index contributed by atoms with van der Waals surface area (Å²) in [4.78, 5) is 29.7. The van der Waals surface area contributed by atoms with E-state index in [-0.39, 0.29) is 18.2 Å². The minimum atomic E-state index is -0.248. The number of fused-ring (bicyclic) bond motifs is 4. The van der Waals surface area contributed by atoms with E-state index in [1.807, 2.05) is 47.0 Å². The number of hydrogen-bond acceptors (Lipinski definition) is 3. The van der Waals surface area contributed by atoms with Crippen LogP contribution in [0.1, 0.15) is 32.0 Å². The fraction of sp³-hybridized carbons (Fsp3) is 0.0455. The van der Waals surface area contributed by atoms with Gasteiger partial charge in [-0.2, -0.15) is 0 Å². The van der Waals surface area contributed by atoms with Gasteiger partial charge in [-0.3, -0.25) is 9.59 Å². The molecule has 1 aliphatic carbocycles. The van der Waals surface area contributed by atoms with E-state index in [0.29, 0.717) is 21.7 Å². The van der Waals surface area contributed by atoms with Crippen LogP contribution in [0.5, 0.6) is 0 Å². The van der Waals surface area contributed by atoms with Crippen molar-refractivity contribution in [3.63, 3.8) is 0 Å². The first kappa shape index (κ1) is 16.7. The number of carbonyl (C=O) groups is 2. The number of halogens is 1. The van der Waals surface area contributed by atoms with E-state index in [1.165, 1.54) is 0 Å². The summed E-state index contributed by atoms with van der Waals surface area (Å²) in [6, 6.07) is 16.3. The van der Waals surface area contributed by atoms with Gasteiger partial charge in [0.05, 0.1) is 17.3 Å². The maximum atomic E-state index is 12.6. The van der Waals surface area contributed by atoms with Crippen LogP contribution in [0.4, 0.5) is 0 Å². The molecule has 0 radical (unpaired) electrons. The van der Waals surface area contributed by atoms with Crippen LogP contribution in [0.2, 0.25) is 5.02 Å². The lowest BCUT2D eigenvalue weighted by Gasteiger charge is -2.05. The van der Waals surface area contributed by atoms with Gasteiger partial charge in [0.25, 0.3) is 5.91 Å². The molecular formula is C22H14ClN3O2. The van der Waals surface area contributed by atoms with Crippen LogP contribution < -0.4 is 5.32 Å². The Morgan fingerprint density at radius 2 is 1.75 bits per heavy atom. The van der Waals surface area contributed by atoms with Crippen LogP contribution in [0.15, 0.2) is 67.0 Å². The van der Waals surface area contributed by atoms with Gasteiger partial charge in [0.2, 0.25) is 0 Å². The number of rotatable bonds is 3. The topological polar surface area (TPSA) is 63.5 Å². The van der Waals surface area contributed by atoms with E-state index < -0.39 is 0 Å².